The van der Waals surface area contributed by atoms with Crippen molar-refractivity contribution < 1.29 is 22.4 Å². The highest BCUT2D eigenvalue weighted by Gasteiger charge is 2.31. The monoisotopic (exact) mass is 404 g/mol. The molecular weight excluding hydrogens is 388 g/mol. The van der Waals surface area contributed by atoms with E-state index in [2.05, 4.69) is 4.98 Å². The molecule has 8 heteroatoms. The number of anilines is 1. The van der Waals surface area contributed by atoms with Gasteiger partial charge < -0.3 is 9.88 Å². The Hall–Kier alpha value is -3.42. The van der Waals surface area contributed by atoms with Gasteiger partial charge in [-0.25, -0.2) is 4.39 Å². The second-order valence-electron chi connectivity index (χ2n) is 6.41. The molecular formula is C21H16F4N2O2. The van der Waals surface area contributed by atoms with Gasteiger partial charge >= 0.3 is 6.18 Å². The summed E-state index contributed by atoms with van der Waals surface area (Å²) in [7, 11) is 0. The summed E-state index contributed by atoms with van der Waals surface area (Å²) in [5.74, 6) is -1.45. The fourth-order valence-corrected chi connectivity index (χ4v) is 2.81. The van der Waals surface area contributed by atoms with Gasteiger partial charge in [-0.15, -0.1) is 0 Å². The van der Waals surface area contributed by atoms with Crippen molar-refractivity contribution in [3.05, 3.63) is 99.2 Å². The number of alkyl halides is 3. The number of aromatic amines is 1. The van der Waals surface area contributed by atoms with E-state index in [0.29, 0.717) is 5.69 Å². The van der Waals surface area contributed by atoms with Gasteiger partial charge in [0.2, 0.25) is 0 Å². The quantitative estimate of drug-likeness (QED) is 0.642. The normalized spacial score (nSPS) is 11.3. The molecule has 1 aromatic heterocycles. The third-order valence-electron chi connectivity index (χ3n) is 4.30. The molecule has 0 radical (unpaired) electrons. The van der Waals surface area contributed by atoms with E-state index in [1.165, 1.54) is 36.4 Å². The second-order valence-corrected chi connectivity index (χ2v) is 6.41. The van der Waals surface area contributed by atoms with E-state index < -0.39 is 29.0 Å². The van der Waals surface area contributed by atoms with Gasteiger partial charge in [0.15, 0.2) is 0 Å². The van der Waals surface area contributed by atoms with Crippen molar-refractivity contribution >= 4 is 11.6 Å². The Morgan fingerprint density at radius 2 is 1.76 bits per heavy atom. The molecule has 0 saturated carbocycles. The standard InChI is InChI=1S/C21H16F4N2O2/c1-13-9-10-17(19(28)26-13)20(29)27(12-14-5-2-3-8-18(14)22)16-7-4-6-15(11-16)21(23,24)25/h2-11H,12H2,1H3,(H,26,28). The van der Waals surface area contributed by atoms with Crippen molar-refractivity contribution in [3.8, 4) is 0 Å². The fourth-order valence-electron chi connectivity index (χ4n) is 2.81. The van der Waals surface area contributed by atoms with Crippen LogP contribution in [0.1, 0.15) is 27.2 Å². The van der Waals surface area contributed by atoms with Crippen molar-refractivity contribution in [1.82, 2.24) is 4.98 Å². The predicted octanol–water partition coefficient (Wildman–Crippen LogP) is 4.69. The van der Waals surface area contributed by atoms with Crippen LogP contribution in [0, 0.1) is 12.7 Å². The Balaban J connectivity index is 2.10. The summed E-state index contributed by atoms with van der Waals surface area (Å²) in [5.41, 5.74) is -1.38. The first-order valence-corrected chi connectivity index (χ1v) is 8.59. The van der Waals surface area contributed by atoms with E-state index in [-0.39, 0.29) is 23.4 Å². The van der Waals surface area contributed by atoms with Gasteiger partial charge in [0.1, 0.15) is 11.4 Å². The number of rotatable bonds is 4. The Bertz CT molecular complexity index is 1110. The Kier molecular flexibility index (Phi) is 5.54. The predicted molar refractivity (Wildman–Crippen MR) is 100 cm³/mol. The third kappa shape index (κ3) is 4.53. The molecule has 1 heterocycles. The lowest BCUT2D eigenvalue weighted by molar-refractivity contribution is -0.137. The zero-order chi connectivity index (χ0) is 21.2. The van der Waals surface area contributed by atoms with Gasteiger partial charge in [-0.3, -0.25) is 9.59 Å². The first-order valence-electron chi connectivity index (χ1n) is 8.59. The van der Waals surface area contributed by atoms with Crippen molar-refractivity contribution in [1.29, 1.82) is 0 Å². The molecule has 3 rings (SSSR count). The van der Waals surface area contributed by atoms with E-state index in [1.807, 2.05) is 0 Å². The summed E-state index contributed by atoms with van der Waals surface area (Å²) in [6.07, 6.45) is -4.62. The molecule has 1 amide bonds. The first kappa shape index (κ1) is 20.3. The van der Waals surface area contributed by atoms with E-state index in [0.717, 1.165) is 23.1 Å². The minimum Gasteiger partial charge on any atom is -0.326 e. The van der Waals surface area contributed by atoms with Crippen LogP contribution in [0.3, 0.4) is 0 Å². The molecule has 3 aromatic rings. The topological polar surface area (TPSA) is 53.2 Å². The van der Waals surface area contributed by atoms with Gasteiger partial charge in [0.05, 0.1) is 12.1 Å². The fraction of sp³-hybridized carbons (Fsp3) is 0.143. The van der Waals surface area contributed by atoms with Crippen LogP contribution in [0.4, 0.5) is 23.2 Å². The summed E-state index contributed by atoms with van der Waals surface area (Å²) < 4.78 is 53.6. The van der Waals surface area contributed by atoms with Gasteiger partial charge in [0.25, 0.3) is 11.5 Å². The van der Waals surface area contributed by atoms with E-state index >= 15 is 0 Å². The molecule has 0 spiro atoms. The van der Waals surface area contributed by atoms with Crippen molar-refractivity contribution in [3.63, 3.8) is 0 Å². The summed E-state index contributed by atoms with van der Waals surface area (Å²) in [6.45, 7) is 1.28. The molecule has 4 nitrogen and oxygen atoms in total. The molecule has 1 N–H and O–H groups in total. The number of benzene rings is 2. The number of carbonyl (C=O) groups excluding carboxylic acids is 1. The Morgan fingerprint density at radius 1 is 1.03 bits per heavy atom. The molecule has 0 aliphatic rings. The van der Waals surface area contributed by atoms with Crippen LogP contribution in [-0.4, -0.2) is 10.9 Å². The highest BCUT2D eigenvalue weighted by molar-refractivity contribution is 6.05. The average Bonchev–Trinajstić information content (AvgIpc) is 2.66. The Labute approximate surface area is 163 Å². The number of hydrogen-bond acceptors (Lipinski definition) is 2. The van der Waals surface area contributed by atoms with Gasteiger partial charge in [-0.2, -0.15) is 13.2 Å². The molecule has 0 atom stereocenters. The van der Waals surface area contributed by atoms with E-state index in [4.69, 9.17) is 0 Å². The van der Waals surface area contributed by atoms with Gasteiger partial charge in [0, 0.05) is 16.9 Å². The maximum absolute atomic E-state index is 14.1. The lowest BCUT2D eigenvalue weighted by Gasteiger charge is -2.24. The molecule has 29 heavy (non-hydrogen) atoms. The first-order chi connectivity index (χ1) is 13.7. The molecule has 0 fully saturated rings. The molecule has 150 valence electrons. The number of aromatic nitrogens is 1. The zero-order valence-electron chi connectivity index (χ0n) is 15.3. The molecule has 0 saturated heterocycles. The number of pyridine rings is 1. The Morgan fingerprint density at radius 3 is 2.41 bits per heavy atom. The van der Waals surface area contributed by atoms with E-state index in [1.54, 1.807) is 13.0 Å². The molecule has 0 bridgehead atoms. The lowest BCUT2D eigenvalue weighted by atomic mass is 10.1. The highest BCUT2D eigenvalue weighted by Crippen LogP contribution is 2.32. The maximum Gasteiger partial charge on any atom is 0.416 e. The second kappa shape index (κ2) is 7.90. The van der Waals surface area contributed by atoms with Crippen LogP contribution in [0.15, 0.2) is 65.5 Å². The van der Waals surface area contributed by atoms with Crippen LogP contribution >= 0.6 is 0 Å². The number of nitrogens with one attached hydrogen (secondary N) is 1. The maximum atomic E-state index is 14.1. The van der Waals surface area contributed by atoms with Crippen LogP contribution in [0.5, 0.6) is 0 Å². The summed E-state index contributed by atoms with van der Waals surface area (Å²) in [5, 5.41) is 0. The van der Waals surface area contributed by atoms with Gasteiger partial charge in [-0.1, -0.05) is 24.3 Å². The molecule has 0 unspecified atom stereocenters. The number of H-pyrrole nitrogens is 1. The minimum atomic E-state index is -4.62. The number of nitrogens with zero attached hydrogens (tertiary/aromatic N) is 1. The third-order valence-corrected chi connectivity index (χ3v) is 4.30. The number of aryl methyl sites for hydroxylation is 1. The van der Waals surface area contributed by atoms with Crippen molar-refractivity contribution in [2.24, 2.45) is 0 Å². The van der Waals surface area contributed by atoms with Crippen molar-refractivity contribution in [2.75, 3.05) is 4.90 Å². The van der Waals surface area contributed by atoms with Crippen LogP contribution in [0.25, 0.3) is 0 Å². The van der Waals surface area contributed by atoms with Crippen LogP contribution in [0.2, 0.25) is 0 Å². The van der Waals surface area contributed by atoms with Crippen molar-refractivity contribution in [2.45, 2.75) is 19.6 Å². The number of carbonyl (C=O) groups is 1. The summed E-state index contributed by atoms with van der Waals surface area (Å²) >= 11 is 0. The molecule has 0 aliphatic heterocycles. The van der Waals surface area contributed by atoms with Crippen LogP contribution < -0.4 is 10.5 Å². The minimum absolute atomic E-state index is 0.0989. The molecule has 0 aliphatic carbocycles. The smallest absolute Gasteiger partial charge is 0.326 e. The highest BCUT2D eigenvalue weighted by atomic mass is 19.4. The number of hydrogen-bond donors (Lipinski definition) is 1. The van der Waals surface area contributed by atoms with E-state index in [9.17, 15) is 27.2 Å². The van der Waals surface area contributed by atoms with Gasteiger partial charge in [-0.05, 0) is 43.3 Å². The number of halogens is 4. The average molecular weight is 404 g/mol. The van der Waals surface area contributed by atoms with Crippen LogP contribution in [-0.2, 0) is 12.7 Å². The summed E-state index contributed by atoms with van der Waals surface area (Å²) in [4.78, 5) is 28.7. The summed E-state index contributed by atoms with van der Waals surface area (Å²) in [6, 6.07) is 12.5. The molecule has 2 aromatic carbocycles. The zero-order valence-corrected chi connectivity index (χ0v) is 15.3. The number of amides is 1. The lowest BCUT2D eigenvalue weighted by Crippen LogP contribution is -2.35. The largest absolute Gasteiger partial charge is 0.416 e. The SMILES string of the molecule is Cc1ccc(C(=O)N(Cc2ccccc2F)c2cccc(C(F)(F)F)c2)c(=O)[nH]1.